The molecule has 0 bridgehead atoms. The van der Waals surface area contributed by atoms with Gasteiger partial charge in [0.1, 0.15) is 5.03 Å². The number of aromatic nitrogens is 2. The van der Waals surface area contributed by atoms with Crippen LogP contribution < -0.4 is 10.9 Å². The maximum Gasteiger partial charge on any atom is 0.263 e. The number of anilines is 1. The van der Waals surface area contributed by atoms with Gasteiger partial charge in [0.25, 0.3) is 5.56 Å². The Morgan fingerprint density at radius 1 is 1.06 bits per heavy atom. The molecule has 1 aliphatic heterocycles. The Bertz CT molecular complexity index is 1340. The lowest BCUT2D eigenvalue weighted by molar-refractivity contribution is -0.113. The van der Waals surface area contributed by atoms with Crippen molar-refractivity contribution < 1.29 is 4.79 Å². The number of nitrogens with one attached hydrogen (secondary N) is 1. The fourth-order valence-electron chi connectivity index (χ4n) is 5.18. The molecular formula is C28H31N3O2S2. The molecule has 1 fully saturated rings. The van der Waals surface area contributed by atoms with E-state index in [2.05, 4.69) is 25.2 Å². The van der Waals surface area contributed by atoms with Crippen molar-refractivity contribution in [2.24, 2.45) is 0 Å². The van der Waals surface area contributed by atoms with Crippen LogP contribution >= 0.6 is 23.5 Å². The second-order valence-corrected chi connectivity index (χ2v) is 12.0. The Labute approximate surface area is 215 Å². The quantitative estimate of drug-likeness (QED) is 0.249. The number of benzene rings is 2. The lowest BCUT2D eigenvalue weighted by Gasteiger charge is -2.24. The molecule has 0 saturated heterocycles. The smallest absolute Gasteiger partial charge is 0.263 e. The molecule has 1 aromatic heterocycles. The summed E-state index contributed by atoms with van der Waals surface area (Å²) >= 11 is 3.09. The Morgan fingerprint density at radius 3 is 2.54 bits per heavy atom. The van der Waals surface area contributed by atoms with E-state index in [1.54, 1.807) is 16.3 Å². The predicted molar refractivity (Wildman–Crippen MR) is 145 cm³/mol. The first-order valence-electron chi connectivity index (χ1n) is 12.2. The summed E-state index contributed by atoms with van der Waals surface area (Å²) < 4.78 is 1.73. The van der Waals surface area contributed by atoms with E-state index in [4.69, 9.17) is 4.98 Å². The molecule has 5 rings (SSSR count). The standard InChI is InChI=1S/C28H31N3O2S2/c1-16-11-17(2)13-20(12-16)29-24(32)15-34-28-30-26-25(22-7-5-6-8-23(22)35-26)27(33)31(28)21-10-9-18(3)19(4)14-21/h9-14,22-23H,5-8,15H2,1-4H3,(H,29,32)/t22-,23+/m0/s1. The highest BCUT2D eigenvalue weighted by Crippen LogP contribution is 2.50. The van der Waals surface area contributed by atoms with Crippen molar-refractivity contribution in [3.05, 3.63) is 74.6 Å². The molecule has 0 radical (unpaired) electrons. The van der Waals surface area contributed by atoms with Gasteiger partial charge in [-0.15, -0.1) is 11.8 Å². The highest BCUT2D eigenvalue weighted by Gasteiger charge is 2.39. The van der Waals surface area contributed by atoms with E-state index >= 15 is 0 Å². The molecule has 7 heteroatoms. The lowest BCUT2D eigenvalue weighted by atomic mass is 9.85. The number of hydrogen-bond acceptors (Lipinski definition) is 5. The number of carbonyl (C=O) groups is 1. The zero-order valence-corrected chi connectivity index (χ0v) is 22.3. The minimum absolute atomic E-state index is 0.0253. The van der Waals surface area contributed by atoms with Crippen LogP contribution in [0.2, 0.25) is 0 Å². The maximum atomic E-state index is 13.9. The highest BCUT2D eigenvalue weighted by atomic mass is 32.2. The summed E-state index contributed by atoms with van der Waals surface area (Å²) in [6.45, 7) is 8.16. The van der Waals surface area contributed by atoms with Gasteiger partial charge in [-0.25, -0.2) is 4.98 Å². The van der Waals surface area contributed by atoms with Crippen molar-refractivity contribution in [2.75, 3.05) is 11.1 Å². The summed E-state index contributed by atoms with van der Waals surface area (Å²) in [7, 11) is 0. The third kappa shape index (κ3) is 4.94. The number of carbonyl (C=O) groups excluding carboxylic acids is 1. The Hall–Kier alpha value is -2.51. The molecule has 0 spiro atoms. The molecule has 3 aromatic rings. The summed E-state index contributed by atoms with van der Waals surface area (Å²) in [5, 5.41) is 4.89. The van der Waals surface area contributed by atoms with Gasteiger partial charge < -0.3 is 5.32 Å². The van der Waals surface area contributed by atoms with Gasteiger partial charge in [0, 0.05) is 16.9 Å². The van der Waals surface area contributed by atoms with Gasteiger partial charge in [0.05, 0.1) is 17.0 Å². The molecule has 2 aromatic carbocycles. The molecule has 0 unspecified atom stereocenters. The topological polar surface area (TPSA) is 64.0 Å². The normalized spacial score (nSPS) is 18.7. The maximum absolute atomic E-state index is 13.9. The zero-order chi connectivity index (χ0) is 24.7. The van der Waals surface area contributed by atoms with E-state index in [1.807, 2.05) is 44.2 Å². The summed E-state index contributed by atoms with van der Waals surface area (Å²) in [5.41, 5.74) is 7.03. The van der Waals surface area contributed by atoms with E-state index in [-0.39, 0.29) is 23.1 Å². The second-order valence-electron chi connectivity index (χ2n) is 9.78. The van der Waals surface area contributed by atoms with Gasteiger partial charge in [0.2, 0.25) is 5.91 Å². The zero-order valence-electron chi connectivity index (χ0n) is 20.7. The van der Waals surface area contributed by atoms with Gasteiger partial charge in [0.15, 0.2) is 5.16 Å². The number of nitrogens with zero attached hydrogens (tertiary/aromatic N) is 2. The Balaban J connectivity index is 1.48. The molecule has 1 saturated carbocycles. The Morgan fingerprint density at radius 2 is 1.80 bits per heavy atom. The lowest BCUT2D eigenvalue weighted by Crippen LogP contribution is -2.29. The van der Waals surface area contributed by atoms with Crippen molar-refractivity contribution in [1.82, 2.24) is 9.55 Å². The van der Waals surface area contributed by atoms with E-state index < -0.39 is 0 Å². The summed E-state index contributed by atoms with van der Waals surface area (Å²) in [6, 6.07) is 12.1. The molecule has 1 N–H and O–H groups in total. The first-order chi connectivity index (χ1) is 16.8. The first kappa shape index (κ1) is 24.2. The van der Waals surface area contributed by atoms with Crippen LogP contribution in [0.1, 0.15) is 59.4 Å². The van der Waals surface area contributed by atoms with Crippen LogP contribution in [-0.4, -0.2) is 26.5 Å². The molecule has 5 nitrogen and oxygen atoms in total. The van der Waals surface area contributed by atoms with Gasteiger partial charge in [-0.1, -0.05) is 36.7 Å². The van der Waals surface area contributed by atoms with Crippen molar-refractivity contribution in [3.63, 3.8) is 0 Å². The first-order valence-corrected chi connectivity index (χ1v) is 14.1. The number of hydrogen-bond donors (Lipinski definition) is 1. The predicted octanol–water partition coefficient (Wildman–Crippen LogP) is 6.33. The number of aryl methyl sites for hydroxylation is 4. The van der Waals surface area contributed by atoms with Crippen LogP contribution in [0.4, 0.5) is 5.69 Å². The van der Waals surface area contributed by atoms with Gasteiger partial charge in [-0.05, 0) is 87.1 Å². The summed E-state index contributed by atoms with van der Waals surface area (Å²) in [5.74, 6) is 0.358. The van der Waals surface area contributed by atoms with Crippen LogP contribution in [0.5, 0.6) is 0 Å². The largest absolute Gasteiger partial charge is 0.325 e. The van der Waals surface area contributed by atoms with Gasteiger partial charge in [-0.3, -0.25) is 14.2 Å². The average Bonchev–Trinajstić information content (AvgIpc) is 3.18. The molecule has 2 aliphatic rings. The highest BCUT2D eigenvalue weighted by molar-refractivity contribution is 8.00. The molecule has 1 aliphatic carbocycles. The van der Waals surface area contributed by atoms with Gasteiger partial charge in [-0.2, -0.15) is 0 Å². The van der Waals surface area contributed by atoms with Crippen molar-refractivity contribution in [3.8, 4) is 5.69 Å². The number of rotatable bonds is 5. The van der Waals surface area contributed by atoms with Crippen LogP contribution in [0.25, 0.3) is 5.69 Å². The number of amides is 1. The molecule has 35 heavy (non-hydrogen) atoms. The molecule has 1 amide bonds. The van der Waals surface area contributed by atoms with E-state index in [0.717, 1.165) is 51.5 Å². The number of thioether (sulfide) groups is 2. The van der Waals surface area contributed by atoms with E-state index in [0.29, 0.717) is 10.4 Å². The van der Waals surface area contributed by atoms with E-state index in [9.17, 15) is 9.59 Å². The summed E-state index contributed by atoms with van der Waals surface area (Å²) in [6.07, 6.45) is 4.57. The average molecular weight is 506 g/mol. The van der Waals surface area contributed by atoms with Crippen LogP contribution in [-0.2, 0) is 4.79 Å². The van der Waals surface area contributed by atoms with E-state index in [1.165, 1.54) is 30.2 Å². The van der Waals surface area contributed by atoms with Crippen LogP contribution in [0, 0.1) is 27.7 Å². The molecule has 182 valence electrons. The minimum atomic E-state index is -0.109. The van der Waals surface area contributed by atoms with Gasteiger partial charge >= 0.3 is 0 Å². The third-order valence-electron chi connectivity index (χ3n) is 6.98. The SMILES string of the molecule is Cc1cc(C)cc(NC(=O)CSc2nc3c(c(=O)n2-c2ccc(C)c(C)c2)[C@H]2CCCC[C@H]2S3)c1. The molecule has 2 atom stereocenters. The third-order valence-corrected chi connectivity index (χ3v) is 9.32. The number of fused-ring (bicyclic) bond motifs is 3. The summed E-state index contributed by atoms with van der Waals surface area (Å²) in [4.78, 5) is 31.7. The fraction of sp³-hybridized carbons (Fsp3) is 0.393. The van der Waals surface area contributed by atoms with Crippen LogP contribution in [0.3, 0.4) is 0 Å². The van der Waals surface area contributed by atoms with Crippen LogP contribution in [0.15, 0.2) is 51.4 Å². The second kappa shape index (κ2) is 9.86. The van der Waals surface area contributed by atoms with Crippen molar-refractivity contribution in [1.29, 1.82) is 0 Å². The fourth-order valence-corrected chi connectivity index (χ4v) is 7.55. The Kier molecular flexibility index (Phi) is 6.82. The molecule has 2 heterocycles. The van der Waals surface area contributed by atoms with Crippen molar-refractivity contribution in [2.45, 2.75) is 74.7 Å². The van der Waals surface area contributed by atoms with Crippen molar-refractivity contribution >= 4 is 35.1 Å². The molecular weight excluding hydrogens is 474 g/mol. The monoisotopic (exact) mass is 505 g/mol. The minimum Gasteiger partial charge on any atom is -0.325 e.